The zero-order valence-electron chi connectivity index (χ0n) is 9.40. The van der Waals surface area contributed by atoms with Crippen molar-refractivity contribution in [3.8, 4) is 0 Å². The predicted molar refractivity (Wildman–Crippen MR) is 54.9 cm³/mol. The van der Waals surface area contributed by atoms with E-state index in [9.17, 15) is 9.59 Å². The quantitative estimate of drug-likeness (QED) is 0.776. The lowest BCUT2D eigenvalue weighted by Gasteiger charge is -2.08. The number of carboxylic acids is 1. The first-order chi connectivity index (χ1) is 7.41. The molecule has 0 bridgehead atoms. The summed E-state index contributed by atoms with van der Waals surface area (Å²) >= 11 is 0. The molecule has 88 valence electrons. The number of hydrogen-bond acceptors (Lipinski definition) is 4. The number of carboxylic acid groups (broad SMARTS) is 1. The van der Waals surface area contributed by atoms with Crippen LogP contribution in [0.25, 0.3) is 0 Å². The second-order valence-electron chi connectivity index (χ2n) is 3.61. The van der Waals surface area contributed by atoms with Crippen molar-refractivity contribution in [3.63, 3.8) is 0 Å². The Hall–Kier alpha value is -1.85. The molecule has 0 saturated carbocycles. The predicted octanol–water partition coefficient (Wildman–Crippen LogP) is 0.423. The van der Waals surface area contributed by atoms with Gasteiger partial charge in [-0.2, -0.15) is 0 Å². The molecule has 1 heterocycles. The van der Waals surface area contributed by atoms with Gasteiger partial charge in [0.25, 0.3) is 0 Å². The lowest BCUT2D eigenvalue weighted by molar-refractivity contribution is -0.141. The molecule has 1 atom stereocenters. The summed E-state index contributed by atoms with van der Waals surface area (Å²) in [5, 5.41) is 14.7. The van der Waals surface area contributed by atoms with Crippen LogP contribution in [0, 0.1) is 13.8 Å². The van der Waals surface area contributed by atoms with Crippen LogP contribution in [0.3, 0.4) is 0 Å². The smallest absolute Gasteiger partial charge is 0.325 e. The molecule has 6 heteroatoms. The molecule has 0 radical (unpaired) electrons. The molecule has 0 saturated heterocycles. The van der Waals surface area contributed by atoms with Crippen LogP contribution < -0.4 is 5.32 Å². The molecule has 6 nitrogen and oxygen atoms in total. The summed E-state index contributed by atoms with van der Waals surface area (Å²) in [6, 6.07) is -0.895. The number of aromatic nitrogens is 1. The van der Waals surface area contributed by atoms with Gasteiger partial charge in [-0.25, -0.2) is 0 Å². The van der Waals surface area contributed by atoms with Gasteiger partial charge >= 0.3 is 5.97 Å². The van der Waals surface area contributed by atoms with Crippen LogP contribution in [0.5, 0.6) is 0 Å². The highest BCUT2D eigenvalue weighted by atomic mass is 16.5. The third-order valence-electron chi connectivity index (χ3n) is 2.27. The first-order valence-corrected chi connectivity index (χ1v) is 4.85. The fourth-order valence-corrected chi connectivity index (χ4v) is 1.27. The maximum absolute atomic E-state index is 11.5. The lowest BCUT2D eigenvalue weighted by atomic mass is 10.1. The molecule has 0 aromatic carbocycles. The van der Waals surface area contributed by atoms with Crippen LogP contribution in [0.4, 0.5) is 0 Å². The first-order valence-electron chi connectivity index (χ1n) is 4.85. The highest BCUT2D eigenvalue weighted by molar-refractivity contribution is 5.84. The average Bonchev–Trinajstić information content (AvgIpc) is 2.49. The van der Waals surface area contributed by atoms with Gasteiger partial charge in [-0.15, -0.1) is 0 Å². The number of carbonyl (C=O) groups excluding carboxylic acids is 1. The summed E-state index contributed by atoms with van der Waals surface area (Å²) in [6.07, 6.45) is 0.0821. The topological polar surface area (TPSA) is 92.4 Å². The maximum atomic E-state index is 11.5. The van der Waals surface area contributed by atoms with Crippen molar-refractivity contribution in [2.45, 2.75) is 33.2 Å². The molecule has 2 N–H and O–H groups in total. The second kappa shape index (κ2) is 4.78. The number of rotatable bonds is 4. The van der Waals surface area contributed by atoms with Gasteiger partial charge in [-0.1, -0.05) is 5.16 Å². The Morgan fingerprint density at radius 3 is 2.56 bits per heavy atom. The summed E-state index contributed by atoms with van der Waals surface area (Å²) in [5.41, 5.74) is 1.35. The van der Waals surface area contributed by atoms with Gasteiger partial charge in [0.2, 0.25) is 5.91 Å². The molecule has 16 heavy (non-hydrogen) atoms. The zero-order valence-corrected chi connectivity index (χ0v) is 9.40. The van der Waals surface area contributed by atoms with Crippen molar-refractivity contribution in [1.29, 1.82) is 0 Å². The molecule has 1 aromatic heterocycles. The van der Waals surface area contributed by atoms with E-state index in [0.717, 1.165) is 0 Å². The summed E-state index contributed by atoms with van der Waals surface area (Å²) in [6.45, 7) is 4.86. The third kappa shape index (κ3) is 2.82. The largest absolute Gasteiger partial charge is 0.480 e. The Balaban J connectivity index is 2.62. The van der Waals surface area contributed by atoms with Gasteiger partial charge in [-0.3, -0.25) is 9.59 Å². The molecule has 0 aliphatic carbocycles. The molecule has 0 aliphatic rings. The Bertz CT molecular complexity index is 391. The molecule has 1 unspecified atom stereocenters. The third-order valence-corrected chi connectivity index (χ3v) is 2.27. The highest BCUT2D eigenvalue weighted by Crippen LogP contribution is 2.12. The highest BCUT2D eigenvalue weighted by Gasteiger charge is 2.17. The van der Waals surface area contributed by atoms with E-state index in [4.69, 9.17) is 9.63 Å². The Kier molecular flexibility index (Phi) is 3.65. The fraction of sp³-hybridized carbons (Fsp3) is 0.500. The maximum Gasteiger partial charge on any atom is 0.325 e. The minimum absolute atomic E-state index is 0.0821. The SMILES string of the molecule is Cc1noc(C)c1CC(=O)NC(C)C(=O)O. The van der Waals surface area contributed by atoms with Crippen LogP contribution in [0.1, 0.15) is 23.9 Å². The molecular weight excluding hydrogens is 212 g/mol. The Morgan fingerprint density at radius 1 is 1.50 bits per heavy atom. The van der Waals surface area contributed by atoms with Crippen molar-refractivity contribution in [2.75, 3.05) is 0 Å². The monoisotopic (exact) mass is 226 g/mol. The Labute approximate surface area is 92.6 Å². The number of hydrogen-bond donors (Lipinski definition) is 2. The average molecular weight is 226 g/mol. The molecule has 0 aliphatic heterocycles. The van der Waals surface area contributed by atoms with Gasteiger partial charge in [0, 0.05) is 5.56 Å². The van der Waals surface area contributed by atoms with E-state index in [1.807, 2.05) is 0 Å². The van der Waals surface area contributed by atoms with Crippen molar-refractivity contribution >= 4 is 11.9 Å². The number of nitrogens with one attached hydrogen (secondary N) is 1. The van der Waals surface area contributed by atoms with Crippen LogP contribution in [-0.4, -0.2) is 28.2 Å². The van der Waals surface area contributed by atoms with Gasteiger partial charge < -0.3 is 14.9 Å². The number of nitrogens with zero attached hydrogens (tertiary/aromatic N) is 1. The molecule has 0 spiro atoms. The van der Waals surface area contributed by atoms with E-state index in [1.165, 1.54) is 6.92 Å². The first kappa shape index (κ1) is 12.2. The van der Waals surface area contributed by atoms with Gasteiger partial charge in [0.15, 0.2) is 0 Å². The lowest BCUT2D eigenvalue weighted by Crippen LogP contribution is -2.39. The van der Waals surface area contributed by atoms with Crippen LogP contribution in [-0.2, 0) is 16.0 Å². The van der Waals surface area contributed by atoms with E-state index in [0.29, 0.717) is 17.0 Å². The van der Waals surface area contributed by atoms with Crippen LogP contribution >= 0.6 is 0 Å². The van der Waals surface area contributed by atoms with E-state index >= 15 is 0 Å². The minimum Gasteiger partial charge on any atom is -0.480 e. The standard InChI is InChI=1S/C10H14N2O4/c1-5-8(7(3)16-12-5)4-9(13)11-6(2)10(14)15/h6H,4H2,1-3H3,(H,11,13)(H,14,15). The Morgan fingerprint density at radius 2 is 2.12 bits per heavy atom. The molecule has 0 fully saturated rings. The number of aliphatic carboxylic acids is 1. The van der Waals surface area contributed by atoms with Crippen molar-refractivity contribution in [2.24, 2.45) is 0 Å². The van der Waals surface area contributed by atoms with E-state index in [-0.39, 0.29) is 12.3 Å². The molecule has 1 rings (SSSR count). The van der Waals surface area contributed by atoms with Crippen LogP contribution in [0.15, 0.2) is 4.52 Å². The van der Waals surface area contributed by atoms with Gasteiger partial charge in [-0.05, 0) is 20.8 Å². The number of amides is 1. The molecular formula is C10H14N2O4. The normalized spacial score (nSPS) is 12.2. The number of aryl methyl sites for hydroxylation is 2. The molecule has 1 aromatic rings. The van der Waals surface area contributed by atoms with E-state index < -0.39 is 12.0 Å². The van der Waals surface area contributed by atoms with Gasteiger partial charge in [0.05, 0.1) is 12.1 Å². The van der Waals surface area contributed by atoms with E-state index in [2.05, 4.69) is 10.5 Å². The van der Waals surface area contributed by atoms with E-state index in [1.54, 1.807) is 13.8 Å². The summed E-state index contributed by atoms with van der Waals surface area (Å²) in [5.74, 6) is -0.841. The summed E-state index contributed by atoms with van der Waals surface area (Å²) in [4.78, 5) is 22.0. The van der Waals surface area contributed by atoms with Crippen molar-refractivity contribution in [1.82, 2.24) is 10.5 Å². The minimum atomic E-state index is -1.06. The van der Waals surface area contributed by atoms with Gasteiger partial charge in [0.1, 0.15) is 11.8 Å². The summed E-state index contributed by atoms with van der Waals surface area (Å²) < 4.78 is 4.90. The van der Waals surface area contributed by atoms with Crippen LogP contribution in [0.2, 0.25) is 0 Å². The second-order valence-corrected chi connectivity index (χ2v) is 3.61. The number of carbonyl (C=O) groups is 2. The molecule has 1 amide bonds. The summed E-state index contributed by atoms with van der Waals surface area (Å²) in [7, 11) is 0. The fourth-order valence-electron chi connectivity index (χ4n) is 1.27. The zero-order chi connectivity index (χ0) is 12.3. The van der Waals surface area contributed by atoms with Crippen molar-refractivity contribution in [3.05, 3.63) is 17.0 Å². The van der Waals surface area contributed by atoms with Crippen molar-refractivity contribution < 1.29 is 19.2 Å².